The molecule has 154 valence electrons. The largest absolute Gasteiger partial charge is 0.383 e. The van der Waals surface area contributed by atoms with E-state index in [1.54, 1.807) is 19.0 Å². The van der Waals surface area contributed by atoms with Gasteiger partial charge in [-0.15, -0.1) is 0 Å². The molecule has 1 aliphatic carbocycles. The number of ether oxygens (including phenoxy) is 1. The number of carbonyl (C=O) groups excluding carboxylic acids is 1. The molecule has 2 aromatic carbocycles. The third-order valence-electron chi connectivity index (χ3n) is 6.51. The molecular weight excluding hydrogens is 360 g/mol. The number of methoxy groups -OCH3 is 1. The van der Waals surface area contributed by atoms with Gasteiger partial charge in [-0.3, -0.25) is 9.69 Å². The van der Waals surface area contributed by atoms with Gasteiger partial charge in [0.2, 0.25) is 0 Å². The topological polar surface area (TPSA) is 32.8 Å². The van der Waals surface area contributed by atoms with E-state index in [-0.39, 0.29) is 5.91 Å². The van der Waals surface area contributed by atoms with Crippen molar-refractivity contribution >= 4 is 5.91 Å². The molecule has 0 radical (unpaired) electrons. The Morgan fingerprint density at radius 3 is 2.72 bits per heavy atom. The second-order valence-electron chi connectivity index (χ2n) is 8.65. The van der Waals surface area contributed by atoms with E-state index < -0.39 is 0 Å². The first-order valence-corrected chi connectivity index (χ1v) is 10.8. The van der Waals surface area contributed by atoms with E-state index in [1.807, 2.05) is 25.3 Å². The Bertz CT molecular complexity index is 877. The molecule has 29 heavy (non-hydrogen) atoms. The van der Waals surface area contributed by atoms with Crippen LogP contribution in [0.4, 0.5) is 0 Å². The highest BCUT2D eigenvalue weighted by Gasteiger charge is 2.32. The van der Waals surface area contributed by atoms with Crippen LogP contribution in [0.25, 0.3) is 11.1 Å². The fraction of sp³-hybridized carbons (Fsp3) is 0.480. The summed E-state index contributed by atoms with van der Waals surface area (Å²) in [6.07, 6.45) is 6.03. The fourth-order valence-corrected chi connectivity index (χ4v) is 5.00. The highest BCUT2D eigenvalue weighted by atomic mass is 16.5. The molecule has 1 saturated heterocycles. The first-order chi connectivity index (χ1) is 14.1. The van der Waals surface area contributed by atoms with Crippen LogP contribution < -0.4 is 0 Å². The number of rotatable bonds is 5. The molecule has 0 saturated carbocycles. The molecule has 2 aromatic rings. The summed E-state index contributed by atoms with van der Waals surface area (Å²) in [4.78, 5) is 16.6. The van der Waals surface area contributed by atoms with Gasteiger partial charge in [0, 0.05) is 38.9 Å². The summed E-state index contributed by atoms with van der Waals surface area (Å²) in [7, 11) is 5.40. The number of hydrogen-bond donors (Lipinski definition) is 0. The van der Waals surface area contributed by atoms with Gasteiger partial charge in [-0.2, -0.15) is 0 Å². The molecule has 4 heteroatoms. The Morgan fingerprint density at radius 1 is 1.10 bits per heavy atom. The molecule has 1 fully saturated rings. The zero-order valence-corrected chi connectivity index (χ0v) is 17.9. The number of amides is 1. The minimum absolute atomic E-state index is 0.0453. The van der Waals surface area contributed by atoms with Gasteiger partial charge < -0.3 is 9.64 Å². The molecule has 1 amide bonds. The highest BCUT2D eigenvalue weighted by Crippen LogP contribution is 2.32. The van der Waals surface area contributed by atoms with E-state index in [4.69, 9.17) is 4.74 Å². The van der Waals surface area contributed by atoms with E-state index in [0.29, 0.717) is 12.1 Å². The zero-order chi connectivity index (χ0) is 20.4. The number of aryl methyl sites for hydroxylation is 1. The predicted octanol–water partition coefficient (Wildman–Crippen LogP) is 4.02. The summed E-state index contributed by atoms with van der Waals surface area (Å²) < 4.78 is 5.45. The van der Waals surface area contributed by atoms with Crippen molar-refractivity contribution in [3.05, 3.63) is 59.2 Å². The molecular formula is C25H32N2O2. The summed E-state index contributed by atoms with van der Waals surface area (Å²) >= 11 is 0. The van der Waals surface area contributed by atoms with Crippen LogP contribution in [-0.4, -0.2) is 62.1 Å². The lowest BCUT2D eigenvalue weighted by Gasteiger charge is -2.36. The van der Waals surface area contributed by atoms with Crippen molar-refractivity contribution in [2.24, 2.45) is 0 Å². The SMILES string of the molecule is COCC1CCCN1C1CCc2cc(-c3cccc(C(=O)N(C)C)c3)ccc2C1. The molecule has 2 aliphatic rings. The second kappa shape index (κ2) is 8.68. The smallest absolute Gasteiger partial charge is 0.253 e. The molecule has 0 bridgehead atoms. The van der Waals surface area contributed by atoms with E-state index >= 15 is 0 Å². The highest BCUT2D eigenvalue weighted by molar-refractivity contribution is 5.95. The number of hydrogen-bond acceptors (Lipinski definition) is 3. The summed E-state index contributed by atoms with van der Waals surface area (Å²) in [6, 6.07) is 16.1. The fourth-order valence-electron chi connectivity index (χ4n) is 5.00. The number of fused-ring (bicyclic) bond motifs is 1. The van der Waals surface area contributed by atoms with Crippen LogP contribution in [0, 0.1) is 0 Å². The number of nitrogens with zero attached hydrogens (tertiary/aromatic N) is 2. The van der Waals surface area contributed by atoms with E-state index in [0.717, 1.165) is 30.6 Å². The normalized spacial score (nSPS) is 21.8. The van der Waals surface area contributed by atoms with Gasteiger partial charge >= 0.3 is 0 Å². The van der Waals surface area contributed by atoms with Crippen molar-refractivity contribution in [3.8, 4) is 11.1 Å². The second-order valence-corrected chi connectivity index (χ2v) is 8.65. The molecule has 0 aromatic heterocycles. The number of benzene rings is 2. The summed E-state index contributed by atoms with van der Waals surface area (Å²) in [5, 5.41) is 0. The van der Waals surface area contributed by atoms with Crippen LogP contribution >= 0.6 is 0 Å². The average molecular weight is 393 g/mol. The Morgan fingerprint density at radius 2 is 1.93 bits per heavy atom. The van der Waals surface area contributed by atoms with Gasteiger partial charge in [0.25, 0.3) is 5.91 Å². The minimum Gasteiger partial charge on any atom is -0.383 e. The van der Waals surface area contributed by atoms with Crippen molar-refractivity contribution in [1.29, 1.82) is 0 Å². The van der Waals surface area contributed by atoms with Crippen LogP contribution in [-0.2, 0) is 17.6 Å². The maximum Gasteiger partial charge on any atom is 0.253 e. The van der Waals surface area contributed by atoms with Crippen LogP contribution in [0.3, 0.4) is 0 Å². The Labute approximate surface area is 174 Å². The zero-order valence-electron chi connectivity index (χ0n) is 17.9. The van der Waals surface area contributed by atoms with Crippen LogP contribution in [0.5, 0.6) is 0 Å². The standard InChI is InChI=1S/C25H32N2O2/c1-26(2)25(28)22-7-4-6-18(15-22)19-9-10-21-16-23(12-11-20(21)14-19)27-13-5-8-24(27)17-29-3/h4,6-7,9-10,14-15,23-24H,5,8,11-13,16-17H2,1-3H3. The van der Waals surface area contributed by atoms with Crippen molar-refractivity contribution in [3.63, 3.8) is 0 Å². The van der Waals surface area contributed by atoms with Crippen LogP contribution in [0.1, 0.15) is 40.7 Å². The van der Waals surface area contributed by atoms with Crippen molar-refractivity contribution in [2.45, 2.75) is 44.2 Å². The molecule has 1 aliphatic heterocycles. The molecule has 4 nitrogen and oxygen atoms in total. The molecule has 1 heterocycles. The maximum atomic E-state index is 12.3. The summed E-state index contributed by atoms with van der Waals surface area (Å²) in [5.41, 5.74) is 6.00. The van der Waals surface area contributed by atoms with Gasteiger partial charge in [-0.25, -0.2) is 0 Å². The van der Waals surface area contributed by atoms with Crippen LogP contribution in [0.2, 0.25) is 0 Å². The van der Waals surface area contributed by atoms with E-state index in [9.17, 15) is 4.79 Å². The van der Waals surface area contributed by atoms with Gasteiger partial charge in [0.05, 0.1) is 6.61 Å². The molecule has 0 N–H and O–H groups in total. The molecule has 2 unspecified atom stereocenters. The minimum atomic E-state index is 0.0453. The van der Waals surface area contributed by atoms with Gasteiger partial charge in [-0.05, 0) is 73.0 Å². The predicted molar refractivity (Wildman–Crippen MR) is 117 cm³/mol. The average Bonchev–Trinajstić information content (AvgIpc) is 3.21. The van der Waals surface area contributed by atoms with Crippen molar-refractivity contribution < 1.29 is 9.53 Å². The Kier molecular flexibility index (Phi) is 6.02. The summed E-state index contributed by atoms with van der Waals surface area (Å²) in [6.45, 7) is 2.06. The van der Waals surface area contributed by atoms with Crippen molar-refractivity contribution in [1.82, 2.24) is 9.80 Å². The van der Waals surface area contributed by atoms with E-state index in [1.165, 1.54) is 42.5 Å². The maximum absolute atomic E-state index is 12.3. The Hall–Kier alpha value is -2.17. The molecule has 4 rings (SSSR count). The number of carbonyl (C=O) groups is 1. The molecule has 0 spiro atoms. The van der Waals surface area contributed by atoms with Gasteiger partial charge in [0.1, 0.15) is 0 Å². The monoisotopic (exact) mass is 392 g/mol. The Balaban J connectivity index is 1.52. The first kappa shape index (κ1) is 20.1. The van der Waals surface area contributed by atoms with Gasteiger partial charge in [0.15, 0.2) is 0 Å². The lowest BCUT2D eigenvalue weighted by molar-refractivity contribution is 0.0827. The van der Waals surface area contributed by atoms with Crippen LogP contribution in [0.15, 0.2) is 42.5 Å². The first-order valence-electron chi connectivity index (χ1n) is 10.8. The number of likely N-dealkylation sites (tertiary alicyclic amines) is 1. The quantitative estimate of drug-likeness (QED) is 0.770. The lowest BCUT2D eigenvalue weighted by atomic mass is 9.85. The summed E-state index contributed by atoms with van der Waals surface area (Å²) in [5.74, 6) is 0.0453. The van der Waals surface area contributed by atoms with Gasteiger partial charge in [-0.1, -0.05) is 30.3 Å². The third-order valence-corrected chi connectivity index (χ3v) is 6.51. The molecule has 2 atom stereocenters. The van der Waals surface area contributed by atoms with Crippen molar-refractivity contribution in [2.75, 3.05) is 34.4 Å². The third kappa shape index (κ3) is 4.24. The van der Waals surface area contributed by atoms with E-state index in [2.05, 4.69) is 29.2 Å². The lowest BCUT2D eigenvalue weighted by Crippen LogP contribution is -2.44.